The summed E-state index contributed by atoms with van der Waals surface area (Å²) in [6.07, 6.45) is 3.31. The Bertz CT molecular complexity index is 871. The average molecular weight is 314 g/mol. The molecule has 0 saturated heterocycles. The minimum atomic E-state index is -0.175. The third-order valence-corrected chi connectivity index (χ3v) is 4.00. The van der Waals surface area contributed by atoms with E-state index in [0.717, 1.165) is 5.56 Å². The van der Waals surface area contributed by atoms with Gasteiger partial charge in [-0.3, -0.25) is 14.2 Å². The number of anilines is 1. The number of thiazole rings is 1. The summed E-state index contributed by atoms with van der Waals surface area (Å²) in [6, 6.07) is 5.50. The van der Waals surface area contributed by atoms with Crippen molar-refractivity contribution in [2.24, 2.45) is 0 Å². The van der Waals surface area contributed by atoms with Gasteiger partial charge in [-0.25, -0.2) is 9.97 Å². The summed E-state index contributed by atoms with van der Waals surface area (Å²) >= 11 is 1.36. The molecule has 0 saturated carbocycles. The van der Waals surface area contributed by atoms with Crippen LogP contribution in [0.3, 0.4) is 0 Å². The van der Waals surface area contributed by atoms with Gasteiger partial charge in [-0.15, -0.1) is 11.3 Å². The van der Waals surface area contributed by atoms with Crippen LogP contribution in [0.15, 0.2) is 40.9 Å². The highest BCUT2D eigenvalue weighted by Gasteiger charge is 2.08. The first-order valence-corrected chi connectivity index (χ1v) is 7.67. The van der Waals surface area contributed by atoms with Crippen molar-refractivity contribution < 1.29 is 4.79 Å². The predicted molar refractivity (Wildman–Crippen MR) is 86.1 cm³/mol. The fourth-order valence-electron chi connectivity index (χ4n) is 2.19. The van der Waals surface area contributed by atoms with Crippen LogP contribution in [-0.4, -0.2) is 20.4 Å². The molecule has 1 aromatic carbocycles. The van der Waals surface area contributed by atoms with E-state index < -0.39 is 0 Å². The van der Waals surface area contributed by atoms with Gasteiger partial charge in [0.1, 0.15) is 0 Å². The topological polar surface area (TPSA) is 76.9 Å². The van der Waals surface area contributed by atoms with Crippen molar-refractivity contribution in [1.29, 1.82) is 0 Å². The largest absolute Gasteiger partial charge is 0.302 e. The van der Waals surface area contributed by atoms with Gasteiger partial charge < -0.3 is 5.32 Å². The molecule has 112 valence electrons. The molecule has 3 aromatic rings. The number of para-hydroxylation sites is 1. The molecule has 0 unspecified atom stereocenters. The number of amides is 1. The first-order valence-electron chi connectivity index (χ1n) is 6.79. The van der Waals surface area contributed by atoms with Crippen LogP contribution in [0.1, 0.15) is 12.0 Å². The van der Waals surface area contributed by atoms with Crippen LogP contribution < -0.4 is 10.9 Å². The predicted octanol–water partition coefficient (Wildman–Crippen LogP) is 2.19. The number of hydrogen-bond donors (Lipinski definition) is 1. The van der Waals surface area contributed by atoms with Gasteiger partial charge in [0, 0.05) is 24.5 Å². The summed E-state index contributed by atoms with van der Waals surface area (Å²) in [6.45, 7) is 2.20. The molecule has 0 radical (unpaired) electrons. The van der Waals surface area contributed by atoms with Crippen LogP contribution in [0, 0.1) is 6.92 Å². The van der Waals surface area contributed by atoms with Gasteiger partial charge in [-0.2, -0.15) is 0 Å². The molecule has 0 aliphatic rings. The summed E-state index contributed by atoms with van der Waals surface area (Å²) in [5, 5.41) is 5.61. The van der Waals surface area contributed by atoms with Gasteiger partial charge in [0.25, 0.3) is 5.56 Å². The van der Waals surface area contributed by atoms with Crippen LogP contribution in [0.4, 0.5) is 5.13 Å². The van der Waals surface area contributed by atoms with E-state index in [2.05, 4.69) is 15.3 Å². The molecule has 22 heavy (non-hydrogen) atoms. The SMILES string of the molecule is Cc1cccc2c(=O)n(CCC(=O)Nc3nccs3)cnc12. The zero-order valence-electron chi connectivity index (χ0n) is 11.9. The Morgan fingerprint density at radius 2 is 2.23 bits per heavy atom. The van der Waals surface area contributed by atoms with E-state index in [1.165, 1.54) is 22.2 Å². The Hall–Kier alpha value is -2.54. The lowest BCUT2D eigenvalue weighted by atomic mass is 10.1. The lowest BCUT2D eigenvalue weighted by molar-refractivity contribution is -0.116. The van der Waals surface area contributed by atoms with Crippen molar-refractivity contribution in [2.75, 3.05) is 5.32 Å². The summed E-state index contributed by atoms with van der Waals surface area (Å²) in [7, 11) is 0. The normalized spacial score (nSPS) is 10.8. The average Bonchev–Trinajstić information content (AvgIpc) is 3.00. The smallest absolute Gasteiger partial charge is 0.261 e. The molecule has 7 heteroatoms. The number of benzene rings is 1. The first kappa shape index (κ1) is 14.4. The van der Waals surface area contributed by atoms with Crippen LogP contribution in [0.2, 0.25) is 0 Å². The Morgan fingerprint density at radius 1 is 1.36 bits per heavy atom. The molecule has 6 nitrogen and oxygen atoms in total. The van der Waals surface area contributed by atoms with Crippen LogP contribution in [0.5, 0.6) is 0 Å². The second-order valence-electron chi connectivity index (χ2n) is 4.85. The van der Waals surface area contributed by atoms with E-state index in [-0.39, 0.29) is 24.4 Å². The molecule has 2 aromatic heterocycles. The molecule has 0 atom stereocenters. The fourth-order valence-corrected chi connectivity index (χ4v) is 2.73. The van der Waals surface area contributed by atoms with Gasteiger partial charge in [-0.05, 0) is 18.6 Å². The van der Waals surface area contributed by atoms with Gasteiger partial charge in [0.05, 0.1) is 17.2 Å². The third-order valence-electron chi connectivity index (χ3n) is 3.31. The monoisotopic (exact) mass is 314 g/mol. The van der Waals surface area contributed by atoms with Gasteiger partial charge >= 0.3 is 0 Å². The lowest BCUT2D eigenvalue weighted by Crippen LogP contribution is -2.23. The van der Waals surface area contributed by atoms with E-state index in [1.54, 1.807) is 17.6 Å². The maximum Gasteiger partial charge on any atom is 0.261 e. The standard InChI is InChI=1S/C15H14N4O2S/c1-10-3-2-4-11-13(10)17-9-19(14(11)21)7-5-12(20)18-15-16-6-8-22-15/h2-4,6,8-9H,5,7H2,1H3,(H,16,18,20). The number of aryl methyl sites for hydroxylation is 2. The Morgan fingerprint density at radius 3 is 3.00 bits per heavy atom. The molecule has 0 fully saturated rings. The molecule has 1 N–H and O–H groups in total. The molecule has 0 aliphatic carbocycles. The molecule has 2 heterocycles. The summed E-state index contributed by atoms with van der Waals surface area (Å²) in [5.74, 6) is -0.175. The molecular formula is C15H14N4O2S. The van der Waals surface area contributed by atoms with Crippen molar-refractivity contribution in [3.63, 3.8) is 0 Å². The Balaban J connectivity index is 1.76. The molecule has 0 spiro atoms. The maximum atomic E-state index is 12.4. The fraction of sp³-hybridized carbons (Fsp3) is 0.200. The summed E-state index contributed by atoms with van der Waals surface area (Å²) < 4.78 is 1.46. The van der Waals surface area contributed by atoms with Crippen molar-refractivity contribution in [1.82, 2.24) is 14.5 Å². The van der Waals surface area contributed by atoms with Gasteiger partial charge in [-0.1, -0.05) is 12.1 Å². The third kappa shape index (κ3) is 2.89. The summed E-state index contributed by atoms with van der Waals surface area (Å²) in [5.41, 5.74) is 1.54. The number of hydrogen-bond acceptors (Lipinski definition) is 5. The number of carbonyl (C=O) groups is 1. The van der Waals surface area contributed by atoms with Crippen molar-refractivity contribution in [3.8, 4) is 0 Å². The van der Waals surface area contributed by atoms with Crippen LogP contribution >= 0.6 is 11.3 Å². The van der Waals surface area contributed by atoms with E-state index in [9.17, 15) is 9.59 Å². The van der Waals surface area contributed by atoms with Crippen molar-refractivity contribution in [3.05, 3.63) is 52.0 Å². The van der Waals surface area contributed by atoms with Crippen LogP contribution in [0.25, 0.3) is 10.9 Å². The van der Waals surface area contributed by atoms with Gasteiger partial charge in [0.15, 0.2) is 5.13 Å². The molecule has 1 amide bonds. The number of rotatable bonds is 4. The highest BCUT2D eigenvalue weighted by molar-refractivity contribution is 7.13. The minimum absolute atomic E-state index is 0.129. The highest BCUT2D eigenvalue weighted by atomic mass is 32.1. The molecule has 0 aliphatic heterocycles. The number of aromatic nitrogens is 3. The van der Waals surface area contributed by atoms with E-state index in [0.29, 0.717) is 16.0 Å². The second kappa shape index (κ2) is 6.07. The Labute approximate surface area is 130 Å². The van der Waals surface area contributed by atoms with Gasteiger partial charge in [0.2, 0.25) is 5.91 Å². The first-order chi connectivity index (χ1) is 10.6. The molecular weight excluding hydrogens is 300 g/mol. The number of fused-ring (bicyclic) bond motifs is 1. The zero-order chi connectivity index (χ0) is 15.5. The molecule has 0 bridgehead atoms. The molecule has 3 rings (SSSR count). The lowest BCUT2D eigenvalue weighted by Gasteiger charge is -2.07. The Kier molecular flexibility index (Phi) is 3.97. The zero-order valence-corrected chi connectivity index (χ0v) is 12.8. The van der Waals surface area contributed by atoms with Crippen molar-refractivity contribution in [2.45, 2.75) is 19.9 Å². The van der Waals surface area contributed by atoms with Crippen LogP contribution in [-0.2, 0) is 11.3 Å². The second-order valence-corrected chi connectivity index (χ2v) is 5.74. The van der Waals surface area contributed by atoms with E-state index in [4.69, 9.17) is 0 Å². The number of carbonyl (C=O) groups excluding carboxylic acids is 1. The number of nitrogens with zero attached hydrogens (tertiary/aromatic N) is 3. The summed E-state index contributed by atoms with van der Waals surface area (Å²) in [4.78, 5) is 32.5. The van der Waals surface area contributed by atoms with Crippen molar-refractivity contribution >= 4 is 33.3 Å². The minimum Gasteiger partial charge on any atom is -0.302 e. The highest BCUT2D eigenvalue weighted by Crippen LogP contribution is 2.12. The maximum absolute atomic E-state index is 12.4. The number of nitrogens with one attached hydrogen (secondary N) is 1. The van der Waals surface area contributed by atoms with E-state index >= 15 is 0 Å². The van der Waals surface area contributed by atoms with E-state index in [1.807, 2.05) is 19.1 Å². The quantitative estimate of drug-likeness (QED) is 0.801.